The number of hydrazine groups is 1. The summed E-state index contributed by atoms with van der Waals surface area (Å²) in [5.74, 6) is -0.627. The predicted octanol–water partition coefficient (Wildman–Crippen LogP) is 2.33. The SMILES string of the molecule is Cc1ccccc1OC(C)C(=O)NNC(=O)CCC(=O)Nc1ccccc1. The van der Waals surface area contributed by atoms with Crippen LogP contribution in [0.5, 0.6) is 5.75 Å². The molecule has 7 heteroatoms. The van der Waals surface area contributed by atoms with Gasteiger partial charge in [0.2, 0.25) is 11.8 Å². The summed E-state index contributed by atoms with van der Waals surface area (Å²) in [5.41, 5.74) is 6.16. The van der Waals surface area contributed by atoms with Crippen molar-refractivity contribution in [1.82, 2.24) is 10.9 Å². The molecule has 142 valence electrons. The van der Waals surface area contributed by atoms with Gasteiger partial charge in [0.25, 0.3) is 5.91 Å². The van der Waals surface area contributed by atoms with E-state index in [9.17, 15) is 14.4 Å². The maximum absolute atomic E-state index is 12.0. The van der Waals surface area contributed by atoms with Crippen LogP contribution < -0.4 is 20.9 Å². The van der Waals surface area contributed by atoms with Gasteiger partial charge in [-0.05, 0) is 37.6 Å². The molecule has 0 aliphatic rings. The number of rotatable bonds is 7. The third-order valence-electron chi connectivity index (χ3n) is 3.73. The number of carbonyl (C=O) groups excluding carboxylic acids is 3. The van der Waals surface area contributed by atoms with Crippen LogP contribution in [0.4, 0.5) is 5.69 Å². The molecule has 2 aromatic rings. The molecule has 0 aromatic heterocycles. The highest BCUT2D eigenvalue weighted by Gasteiger charge is 2.16. The first kappa shape index (κ1) is 20.0. The summed E-state index contributed by atoms with van der Waals surface area (Å²) in [4.78, 5) is 35.6. The molecule has 27 heavy (non-hydrogen) atoms. The van der Waals surface area contributed by atoms with Crippen molar-refractivity contribution in [3.05, 3.63) is 60.2 Å². The van der Waals surface area contributed by atoms with Crippen molar-refractivity contribution in [1.29, 1.82) is 0 Å². The summed E-state index contributed by atoms with van der Waals surface area (Å²) in [5, 5.41) is 2.69. The number of ether oxygens (including phenoxy) is 1. The third-order valence-corrected chi connectivity index (χ3v) is 3.73. The normalized spacial score (nSPS) is 11.2. The van der Waals surface area contributed by atoms with E-state index in [1.165, 1.54) is 0 Å². The number of aryl methyl sites for hydroxylation is 1. The smallest absolute Gasteiger partial charge is 0.279 e. The lowest BCUT2D eigenvalue weighted by atomic mass is 10.2. The van der Waals surface area contributed by atoms with E-state index in [1.54, 1.807) is 37.3 Å². The average Bonchev–Trinajstić information content (AvgIpc) is 2.67. The fourth-order valence-corrected chi connectivity index (χ4v) is 2.20. The second-order valence-electron chi connectivity index (χ2n) is 5.98. The third kappa shape index (κ3) is 6.81. The molecule has 0 radical (unpaired) electrons. The summed E-state index contributed by atoms with van der Waals surface area (Å²) in [7, 11) is 0. The van der Waals surface area contributed by atoms with Gasteiger partial charge in [-0.15, -0.1) is 0 Å². The largest absolute Gasteiger partial charge is 0.481 e. The van der Waals surface area contributed by atoms with Crippen LogP contribution >= 0.6 is 0 Å². The summed E-state index contributed by atoms with van der Waals surface area (Å²) < 4.78 is 5.58. The number of anilines is 1. The van der Waals surface area contributed by atoms with Gasteiger partial charge in [0.15, 0.2) is 6.10 Å². The molecule has 2 rings (SSSR count). The quantitative estimate of drug-likeness (QED) is 0.653. The molecule has 0 aliphatic heterocycles. The first-order chi connectivity index (χ1) is 13.0. The predicted molar refractivity (Wildman–Crippen MR) is 102 cm³/mol. The van der Waals surface area contributed by atoms with Crippen LogP contribution in [0.25, 0.3) is 0 Å². The lowest BCUT2D eigenvalue weighted by Gasteiger charge is -2.16. The van der Waals surface area contributed by atoms with E-state index in [2.05, 4.69) is 16.2 Å². The zero-order valence-corrected chi connectivity index (χ0v) is 15.3. The number of amides is 3. The van der Waals surface area contributed by atoms with Crippen molar-refractivity contribution in [3.63, 3.8) is 0 Å². The minimum Gasteiger partial charge on any atom is -0.481 e. The van der Waals surface area contributed by atoms with E-state index in [0.717, 1.165) is 5.56 Å². The van der Waals surface area contributed by atoms with Crippen LogP contribution in [0.3, 0.4) is 0 Å². The summed E-state index contributed by atoms with van der Waals surface area (Å²) in [6.07, 6.45) is -0.828. The highest BCUT2D eigenvalue weighted by atomic mass is 16.5. The van der Waals surface area contributed by atoms with Crippen LogP contribution in [0.15, 0.2) is 54.6 Å². The molecule has 1 atom stereocenters. The van der Waals surface area contributed by atoms with Crippen LogP contribution in [0.1, 0.15) is 25.3 Å². The molecule has 0 aliphatic carbocycles. The van der Waals surface area contributed by atoms with Crippen LogP contribution in [0, 0.1) is 6.92 Å². The molecule has 7 nitrogen and oxygen atoms in total. The Bertz CT molecular complexity index is 793. The molecule has 3 amide bonds. The Labute approximate surface area is 158 Å². The molecule has 3 N–H and O–H groups in total. The number of hydrogen-bond donors (Lipinski definition) is 3. The van der Waals surface area contributed by atoms with Crippen molar-refractivity contribution in [2.75, 3.05) is 5.32 Å². The van der Waals surface area contributed by atoms with E-state index in [-0.39, 0.29) is 18.7 Å². The van der Waals surface area contributed by atoms with Gasteiger partial charge in [-0.1, -0.05) is 36.4 Å². The Hall–Kier alpha value is -3.35. The maximum atomic E-state index is 12.0. The minimum absolute atomic E-state index is 0.00582. The van der Waals surface area contributed by atoms with E-state index in [1.807, 2.05) is 31.2 Å². The van der Waals surface area contributed by atoms with E-state index in [0.29, 0.717) is 11.4 Å². The molecule has 0 saturated heterocycles. The van der Waals surface area contributed by atoms with Gasteiger partial charge in [-0.2, -0.15) is 0 Å². The van der Waals surface area contributed by atoms with Gasteiger partial charge >= 0.3 is 0 Å². The fourth-order valence-electron chi connectivity index (χ4n) is 2.20. The summed E-state index contributed by atoms with van der Waals surface area (Å²) in [6, 6.07) is 16.3. The molecule has 0 fully saturated rings. The van der Waals surface area contributed by atoms with Gasteiger partial charge in [0.1, 0.15) is 5.75 Å². The van der Waals surface area contributed by atoms with Crippen molar-refractivity contribution >= 4 is 23.4 Å². The number of para-hydroxylation sites is 2. The molecule has 0 spiro atoms. The Morgan fingerprint density at radius 1 is 0.889 bits per heavy atom. The Balaban J connectivity index is 1.69. The van der Waals surface area contributed by atoms with Crippen LogP contribution in [-0.2, 0) is 14.4 Å². The van der Waals surface area contributed by atoms with E-state index in [4.69, 9.17) is 4.74 Å². The van der Waals surface area contributed by atoms with Gasteiger partial charge in [-0.3, -0.25) is 25.2 Å². The van der Waals surface area contributed by atoms with Crippen molar-refractivity contribution < 1.29 is 19.1 Å². The standard InChI is InChI=1S/C20H23N3O4/c1-14-8-6-7-11-17(14)27-15(2)20(26)23-22-19(25)13-12-18(24)21-16-9-4-3-5-10-16/h3-11,15H,12-13H2,1-2H3,(H,21,24)(H,22,25)(H,23,26). The van der Waals surface area contributed by atoms with Crippen molar-refractivity contribution in [3.8, 4) is 5.75 Å². The molecular weight excluding hydrogens is 346 g/mol. The van der Waals surface area contributed by atoms with Crippen molar-refractivity contribution in [2.45, 2.75) is 32.8 Å². The maximum Gasteiger partial charge on any atom is 0.279 e. The zero-order valence-electron chi connectivity index (χ0n) is 15.3. The minimum atomic E-state index is -0.784. The molecular formula is C20H23N3O4. The zero-order chi connectivity index (χ0) is 19.6. The van der Waals surface area contributed by atoms with Gasteiger partial charge in [0, 0.05) is 18.5 Å². The lowest BCUT2D eigenvalue weighted by Crippen LogP contribution is -2.47. The molecule has 0 saturated carbocycles. The van der Waals surface area contributed by atoms with Crippen LogP contribution in [0.2, 0.25) is 0 Å². The number of benzene rings is 2. The molecule has 0 heterocycles. The number of nitrogens with one attached hydrogen (secondary N) is 3. The fraction of sp³-hybridized carbons (Fsp3) is 0.250. The van der Waals surface area contributed by atoms with Gasteiger partial charge < -0.3 is 10.1 Å². The van der Waals surface area contributed by atoms with E-state index >= 15 is 0 Å². The topological polar surface area (TPSA) is 96.5 Å². The molecule has 0 bridgehead atoms. The highest BCUT2D eigenvalue weighted by Crippen LogP contribution is 2.17. The number of carbonyl (C=O) groups is 3. The number of hydrogen-bond acceptors (Lipinski definition) is 4. The van der Waals surface area contributed by atoms with Gasteiger partial charge in [0.05, 0.1) is 0 Å². The first-order valence-corrected chi connectivity index (χ1v) is 8.61. The average molecular weight is 369 g/mol. The van der Waals surface area contributed by atoms with Crippen molar-refractivity contribution in [2.24, 2.45) is 0 Å². The Kier molecular flexibility index (Phi) is 7.37. The Morgan fingerprint density at radius 2 is 1.52 bits per heavy atom. The molecule has 1 unspecified atom stereocenters. The first-order valence-electron chi connectivity index (χ1n) is 8.61. The Morgan fingerprint density at radius 3 is 2.22 bits per heavy atom. The second kappa shape index (κ2) is 9.96. The lowest BCUT2D eigenvalue weighted by molar-refractivity contribution is -0.133. The summed E-state index contributed by atoms with van der Waals surface area (Å²) in [6.45, 7) is 3.46. The molecule has 2 aromatic carbocycles. The highest BCUT2D eigenvalue weighted by molar-refractivity contribution is 5.93. The van der Waals surface area contributed by atoms with E-state index < -0.39 is 17.9 Å². The van der Waals surface area contributed by atoms with Crippen LogP contribution in [-0.4, -0.2) is 23.8 Å². The van der Waals surface area contributed by atoms with Gasteiger partial charge in [-0.25, -0.2) is 0 Å². The monoisotopic (exact) mass is 369 g/mol. The summed E-state index contributed by atoms with van der Waals surface area (Å²) >= 11 is 0. The second-order valence-corrected chi connectivity index (χ2v) is 5.98.